The van der Waals surface area contributed by atoms with Gasteiger partial charge in [-0.05, 0) is 76.8 Å². The molecule has 0 aliphatic heterocycles. The molecule has 0 saturated carbocycles. The van der Waals surface area contributed by atoms with Gasteiger partial charge in [0, 0.05) is 17.0 Å². The van der Waals surface area contributed by atoms with Crippen LogP contribution in [0.2, 0.25) is 5.02 Å². The molecule has 0 aliphatic carbocycles. The van der Waals surface area contributed by atoms with Crippen LogP contribution >= 0.6 is 11.6 Å². The maximum absolute atomic E-state index is 12.8. The number of halogens is 1. The third-order valence-corrected chi connectivity index (χ3v) is 4.69. The number of amides is 2. The summed E-state index contributed by atoms with van der Waals surface area (Å²) >= 11 is 5.90. The molecule has 0 bridgehead atoms. The van der Waals surface area contributed by atoms with Gasteiger partial charge in [-0.1, -0.05) is 41.4 Å². The molecule has 0 aliphatic rings. The Balaban J connectivity index is 1.91. The second-order valence-electron chi connectivity index (χ2n) is 8.04. The van der Waals surface area contributed by atoms with Crippen LogP contribution in [0.25, 0.3) is 0 Å². The zero-order valence-corrected chi connectivity index (χ0v) is 17.8. The van der Waals surface area contributed by atoms with E-state index in [1.54, 1.807) is 6.07 Å². The largest absolute Gasteiger partial charge is 0.273 e. The van der Waals surface area contributed by atoms with Gasteiger partial charge in [0.05, 0.1) is 5.54 Å². The summed E-state index contributed by atoms with van der Waals surface area (Å²) in [5, 5.41) is 2.18. The molecule has 2 aromatic carbocycles. The normalized spacial score (nSPS) is 11.2. The number of hydrogen-bond donors (Lipinski definition) is 1. The molecule has 150 valence electrons. The molecule has 2 amide bonds. The third-order valence-electron chi connectivity index (χ3n) is 4.43. The van der Waals surface area contributed by atoms with E-state index in [9.17, 15) is 9.59 Å². The average molecular weight is 401 g/mol. The molecule has 1 N–H and O–H groups in total. The fourth-order valence-corrected chi connectivity index (χ4v) is 3.05. The fraction of sp³-hybridized carbons (Fsp3) is 0.391. The molecule has 0 heterocycles. The minimum atomic E-state index is -0.507. The van der Waals surface area contributed by atoms with Crippen LogP contribution in [-0.4, -0.2) is 22.4 Å². The first-order chi connectivity index (χ1) is 13.2. The minimum Gasteiger partial charge on any atom is -0.273 e. The fourth-order valence-electron chi connectivity index (χ4n) is 2.92. The Morgan fingerprint density at radius 2 is 1.71 bits per heavy atom. The standard InChI is InChI=1S/C23H29ClN2O2/c1-17-8-7-10-19(16-17)22(28)25-26(23(2,3)4)21(27)11-6-5-9-18-12-14-20(24)15-13-18/h7-8,10,12-16H,5-6,9,11H2,1-4H3,(H,25,28). The van der Waals surface area contributed by atoms with E-state index in [-0.39, 0.29) is 11.8 Å². The lowest BCUT2D eigenvalue weighted by Crippen LogP contribution is -2.55. The Labute approximate surface area is 172 Å². The van der Waals surface area contributed by atoms with Crippen molar-refractivity contribution < 1.29 is 9.59 Å². The van der Waals surface area contributed by atoms with Crippen LogP contribution in [0.15, 0.2) is 48.5 Å². The molecule has 0 aromatic heterocycles. The third kappa shape index (κ3) is 6.68. The Bertz CT molecular complexity index is 810. The number of hydrazine groups is 1. The van der Waals surface area contributed by atoms with Crippen LogP contribution < -0.4 is 5.43 Å². The van der Waals surface area contributed by atoms with E-state index in [0.717, 1.165) is 29.8 Å². The molecule has 0 fully saturated rings. The van der Waals surface area contributed by atoms with Crippen molar-refractivity contribution in [1.29, 1.82) is 0 Å². The zero-order chi connectivity index (χ0) is 20.7. The van der Waals surface area contributed by atoms with Gasteiger partial charge in [0.25, 0.3) is 5.91 Å². The van der Waals surface area contributed by atoms with Crippen LogP contribution in [0.4, 0.5) is 0 Å². The number of hydrogen-bond acceptors (Lipinski definition) is 2. The molecule has 0 radical (unpaired) electrons. The van der Waals surface area contributed by atoms with Crippen molar-refractivity contribution in [2.24, 2.45) is 0 Å². The first-order valence-corrected chi connectivity index (χ1v) is 10.00. The SMILES string of the molecule is Cc1cccc(C(=O)NN(C(=O)CCCCc2ccc(Cl)cc2)C(C)(C)C)c1. The molecule has 0 unspecified atom stereocenters. The number of nitrogens with zero attached hydrogens (tertiary/aromatic N) is 1. The molecule has 0 spiro atoms. The van der Waals surface area contributed by atoms with Crippen LogP contribution in [0, 0.1) is 6.92 Å². The summed E-state index contributed by atoms with van der Waals surface area (Å²) in [5.74, 6) is -0.349. The Kier molecular flexibility index (Phi) is 7.64. The molecule has 2 rings (SSSR count). The van der Waals surface area contributed by atoms with Crippen molar-refractivity contribution in [2.75, 3.05) is 0 Å². The van der Waals surface area contributed by atoms with E-state index in [4.69, 9.17) is 11.6 Å². The van der Waals surface area contributed by atoms with Gasteiger partial charge in [0.1, 0.15) is 0 Å². The lowest BCUT2D eigenvalue weighted by Gasteiger charge is -2.35. The maximum atomic E-state index is 12.8. The first kappa shape index (κ1) is 22.0. The van der Waals surface area contributed by atoms with Gasteiger partial charge in [-0.2, -0.15) is 0 Å². The summed E-state index contributed by atoms with van der Waals surface area (Å²) in [4.78, 5) is 25.4. The maximum Gasteiger partial charge on any atom is 0.269 e. The Morgan fingerprint density at radius 1 is 1.04 bits per heavy atom. The van der Waals surface area contributed by atoms with Crippen LogP contribution in [0.5, 0.6) is 0 Å². The highest BCUT2D eigenvalue weighted by Crippen LogP contribution is 2.16. The second-order valence-corrected chi connectivity index (χ2v) is 8.48. The molecular weight excluding hydrogens is 372 g/mol. The highest BCUT2D eigenvalue weighted by atomic mass is 35.5. The highest BCUT2D eigenvalue weighted by Gasteiger charge is 2.28. The summed E-state index contributed by atoms with van der Waals surface area (Å²) in [7, 11) is 0. The summed E-state index contributed by atoms with van der Waals surface area (Å²) in [6.45, 7) is 7.67. The first-order valence-electron chi connectivity index (χ1n) is 9.62. The smallest absolute Gasteiger partial charge is 0.269 e. The van der Waals surface area contributed by atoms with Crippen molar-refractivity contribution in [1.82, 2.24) is 10.4 Å². The summed E-state index contributed by atoms with van der Waals surface area (Å²) < 4.78 is 0. The second kappa shape index (κ2) is 9.74. The van der Waals surface area contributed by atoms with E-state index in [1.807, 2.05) is 70.2 Å². The number of unbranched alkanes of at least 4 members (excludes halogenated alkanes) is 1. The molecule has 0 atom stereocenters. The van der Waals surface area contributed by atoms with Crippen LogP contribution in [-0.2, 0) is 11.2 Å². The van der Waals surface area contributed by atoms with Gasteiger partial charge >= 0.3 is 0 Å². The van der Waals surface area contributed by atoms with E-state index >= 15 is 0 Å². The molecular formula is C23H29ClN2O2. The van der Waals surface area contributed by atoms with Gasteiger partial charge in [0.2, 0.25) is 5.91 Å². The van der Waals surface area contributed by atoms with Gasteiger partial charge in [0.15, 0.2) is 0 Å². The predicted octanol–water partition coefficient (Wildman–Crippen LogP) is 5.33. The van der Waals surface area contributed by atoms with E-state index in [2.05, 4.69) is 5.43 Å². The lowest BCUT2D eigenvalue weighted by atomic mass is 10.0. The minimum absolute atomic E-state index is 0.0791. The van der Waals surface area contributed by atoms with E-state index in [1.165, 1.54) is 10.6 Å². The molecule has 2 aromatic rings. The van der Waals surface area contributed by atoms with Crippen molar-refractivity contribution in [3.8, 4) is 0 Å². The van der Waals surface area contributed by atoms with Gasteiger partial charge < -0.3 is 0 Å². The van der Waals surface area contributed by atoms with E-state index in [0.29, 0.717) is 12.0 Å². The number of rotatable bonds is 6. The molecule has 4 nitrogen and oxygen atoms in total. The summed E-state index contributed by atoms with van der Waals surface area (Å²) in [6, 6.07) is 15.1. The van der Waals surface area contributed by atoms with Crippen molar-refractivity contribution in [2.45, 2.75) is 58.9 Å². The van der Waals surface area contributed by atoms with Gasteiger partial charge in [-0.25, -0.2) is 5.01 Å². The number of carbonyl (C=O) groups is 2. The zero-order valence-electron chi connectivity index (χ0n) is 17.1. The van der Waals surface area contributed by atoms with E-state index < -0.39 is 5.54 Å². The quantitative estimate of drug-likeness (QED) is 0.526. The summed E-state index contributed by atoms with van der Waals surface area (Å²) in [6.07, 6.45) is 2.94. The Hall–Kier alpha value is -2.33. The molecule has 5 heteroatoms. The average Bonchev–Trinajstić information content (AvgIpc) is 2.63. The van der Waals surface area contributed by atoms with Crippen molar-refractivity contribution in [3.05, 3.63) is 70.2 Å². The van der Waals surface area contributed by atoms with Gasteiger partial charge in [-0.15, -0.1) is 0 Å². The molecule has 0 saturated heterocycles. The van der Waals surface area contributed by atoms with Crippen molar-refractivity contribution >= 4 is 23.4 Å². The van der Waals surface area contributed by atoms with Gasteiger partial charge in [-0.3, -0.25) is 15.0 Å². The van der Waals surface area contributed by atoms with Crippen molar-refractivity contribution in [3.63, 3.8) is 0 Å². The lowest BCUT2D eigenvalue weighted by molar-refractivity contribution is -0.139. The number of nitrogens with one attached hydrogen (secondary N) is 1. The van der Waals surface area contributed by atoms with Crippen LogP contribution in [0.1, 0.15) is 61.5 Å². The molecule has 28 heavy (non-hydrogen) atoms. The summed E-state index contributed by atoms with van der Waals surface area (Å²) in [5.41, 5.74) is 5.04. The number of aryl methyl sites for hydroxylation is 2. The number of carbonyl (C=O) groups excluding carboxylic acids is 2. The number of benzene rings is 2. The topological polar surface area (TPSA) is 49.4 Å². The Morgan fingerprint density at radius 3 is 2.32 bits per heavy atom. The van der Waals surface area contributed by atoms with Crippen LogP contribution in [0.3, 0.4) is 0 Å². The predicted molar refractivity (Wildman–Crippen MR) is 114 cm³/mol. The highest BCUT2D eigenvalue weighted by molar-refractivity contribution is 6.30. The monoisotopic (exact) mass is 400 g/mol.